The summed E-state index contributed by atoms with van der Waals surface area (Å²) in [5.41, 5.74) is 2.75. The monoisotopic (exact) mass is 422 g/mol. The molecule has 0 aromatic heterocycles. The molecule has 31 heavy (non-hydrogen) atoms. The number of benzene rings is 2. The lowest BCUT2D eigenvalue weighted by molar-refractivity contribution is -0.124. The SMILES string of the molecule is O=C(CN1CCN(Cc2ccccc2)CC1)Nc1ccc(NC(=O)C2CCCO2)cc1. The average Bonchev–Trinajstić information content (AvgIpc) is 3.32. The third-order valence-electron chi connectivity index (χ3n) is 5.74. The number of carbonyl (C=O) groups is 2. The molecular weight excluding hydrogens is 392 g/mol. The molecule has 0 saturated carbocycles. The van der Waals surface area contributed by atoms with E-state index in [0.29, 0.717) is 18.8 Å². The highest BCUT2D eigenvalue weighted by Crippen LogP contribution is 2.17. The molecule has 2 aromatic rings. The lowest BCUT2D eigenvalue weighted by Crippen LogP contribution is -2.48. The van der Waals surface area contributed by atoms with Crippen molar-refractivity contribution in [3.8, 4) is 0 Å². The van der Waals surface area contributed by atoms with Crippen LogP contribution in [0.4, 0.5) is 11.4 Å². The van der Waals surface area contributed by atoms with Crippen molar-refractivity contribution >= 4 is 23.2 Å². The molecule has 0 spiro atoms. The molecule has 164 valence electrons. The largest absolute Gasteiger partial charge is 0.368 e. The number of rotatable bonds is 7. The van der Waals surface area contributed by atoms with Crippen molar-refractivity contribution in [1.29, 1.82) is 0 Å². The summed E-state index contributed by atoms with van der Waals surface area (Å²) in [5, 5.41) is 5.81. The average molecular weight is 423 g/mol. The molecule has 2 saturated heterocycles. The molecule has 4 rings (SSSR count). The van der Waals surface area contributed by atoms with Gasteiger partial charge >= 0.3 is 0 Å². The molecule has 2 fully saturated rings. The molecule has 2 N–H and O–H groups in total. The summed E-state index contributed by atoms with van der Waals surface area (Å²) in [6.45, 7) is 5.67. The van der Waals surface area contributed by atoms with Crippen molar-refractivity contribution in [2.45, 2.75) is 25.5 Å². The molecule has 7 heteroatoms. The van der Waals surface area contributed by atoms with Gasteiger partial charge in [0.15, 0.2) is 0 Å². The van der Waals surface area contributed by atoms with Gasteiger partial charge in [-0.3, -0.25) is 19.4 Å². The lowest BCUT2D eigenvalue weighted by Gasteiger charge is -2.34. The van der Waals surface area contributed by atoms with Crippen LogP contribution >= 0.6 is 0 Å². The zero-order chi connectivity index (χ0) is 21.5. The van der Waals surface area contributed by atoms with Gasteiger partial charge in [0, 0.05) is 50.7 Å². The van der Waals surface area contributed by atoms with Gasteiger partial charge in [-0.15, -0.1) is 0 Å². The van der Waals surface area contributed by atoms with Crippen LogP contribution in [0.2, 0.25) is 0 Å². The van der Waals surface area contributed by atoms with Gasteiger partial charge in [-0.05, 0) is 42.7 Å². The van der Waals surface area contributed by atoms with Gasteiger partial charge in [0.2, 0.25) is 5.91 Å². The molecule has 0 aliphatic carbocycles. The summed E-state index contributed by atoms with van der Waals surface area (Å²) >= 11 is 0. The maximum absolute atomic E-state index is 12.4. The Hall–Kier alpha value is -2.74. The quantitative estimate of drug-likeness (QED) is 0.718. The first kappa shape index (κ1) is 21.5. The number of piperazine rings is 1. The van der Waals surface area contributed by atoms with Gasteiger partial charge < -0.3 is 15.4 Å². The fourth-order valence-electron chi connectivity index (χ4n) is 3.99. The fraction of sp³-hybridized carbons (Fsp3) is 0.417. The minimum atomic E-state index is -0.354. The van der Waals surface area contributed by atoms with Crippen LogP contribution in [0.25, 0.3) is 0 Å². The van der Waals surface area contributed by atoms with E-state index in [-0.39, 0.29) is 17.9 Å². The van der Waals surface area contributed by atoms with Gasteiger partial charge in [0.05, 0.1) is 6.54 Å². The minimum absolute atomic E-state index is 0.0207. The normalized spacial score (nSPS) is 19.8. The third kappa shape index (κ3) is 6.37. The van der Waals surface area contributed by atoms with Crippen molar-refractivity contribution in [2.75, 3.05) is 50.0 Å². The Balaban J connectivity index is 1.18. The van der Waals surface area contributed by atoms with E-state index in [9.17, 15) is 9.59 Å². The van der Waals surface area contributed by atoms with Crippen LogP contribution in [0.5, 0.6) is 0 Å². The van der Waals surface area contributed by atoms with Crippen molar-refractivity contribution in [3.05, 3.63) is 60.2 Å². The Morgan fingerprint density at radius 2 is 1.52 bits per heavy atom. The maximum atomic E-state index is 12.4. The van der Waals surface area contributed by atoms with Gasteiger partial charge in [0.25, 0.3) is 5.91 Å². The molecule has 2 aliphatic heterocycles. The number of amides is 2. The minimum Gasteiger partial charge on any atom is -0.368 e. The highest BCUT2D eigenvalue weighted by Gasteiger charge is 2.23. The molecule has 2 heterocycles. The van der Waals surface area contributed by atoms with E-state index in [1.54, 1.807) is 24.3 Å². The highest BCUT2D eigenvalue weighted by atomic mass is 16.5. The lowest BCUT2D eigenvalue weighted by atomic mass is 10.2. The molecule has 1 atom stereocenters. The van der Waals surface area contributed by atoms with E-state index in [2.05, 4.69) is 44.7 Å². The number of ether oxygens (including phenoxy) is 1. The van der Waals surface area contributed by atoms with Crippen LogP contribution in [-0.4, -0.2) is 67.0 Å². The first-order chi connectivity index (χ1) is 15.2. The van der Waals surface area contributed by atoms with Crippen LogP contribution in [-0.2, 0) is 20.9 Å². The summed E-state index contributed by atoms with van der Waals surface area (Å²) in [6, 6.07) is 17.7. The smallest absolute Gasteiger partial charge is 0.253 e. The first-order valence-electron chi connectivity index (χ1n) is 11.0. The molecule has 0 bridgehead atoms. The van der Waals surface area contributed by atoms with E-state index in [1.807, 2.05) is 6.07 Å². The van der Waals surface area contributed by atoms with Crippen molar-refractivity contribution < 1.29 is 14.3 Å². The Morgan fingerprint density at radius 1 is 0.871 bits per heavy atom. The van der Waals surface area contributed by atoms with Crippen LogP contribution < -0.4 is 10.6 Å². The van der Waals surface area contributed by atoms with Gasteiger partial charge in [-0.2, -0.15) is 0 Å². The number of anilines is 2. The fourth-order valence-corrected chi connectivity index (χ4v) is 3.99. The summed E-state index contributed by atoms with van der Waals surface area (Å²) in [7, 11) is 0. The number of hydrogen-bond acceptors (Lipinski definition) is 5. The zero-order valence-electron chi connectivity index (χ0n) is 17.8. The van der Waals surface area contributed by atoms with E-state index in [4.69, 9.17) is 4.74 Å². The van der Waals surface area contributed by atoms with Crippen molar-refractivity contribution in [3.63, 3.8) is 0 Å². The Bertz CT molecular complexity index is 858. The van der Waals surface area contributed by atoms with Crippen LogP contribution in [0, 0.1) is 0 Å². The number of carbonyl (C=O) groups excluding carboxylic acids is 2. The molecule has 1 unspecified atom stereocenters. The standard InChI is InChI=1S/C24H30N4O3/c29-23(18-28-14-12-27(13-15-28)17-19-5-2-1-3-6-19)25-20-8-10-21(11-9-20)26-24(30)22-7-4-16-31-22/h1-3,5-6,8-11,22H,4,7,12-18H2,(H,25,29)(H,26,30). The van der Waals surface area contributed by atoms with Crippen LogP contribution in [0.1, 0.15) is 18.4 Å². The highest BCUT2D eigenvalue weighted by molar-refractivity contribution is 5.95. The molecule has 7 nitrogen and oxygen atoms in total. The topological polar surface area (TPSA) is 73.9 Å². The molecular formula is C24H30N4O3. The summed E-state index contributed by atoms with van der Waals surface area (Å²) < 4.78 is 5.40. The van der Waals surface area contributed by atoms with Crippen molar-refractivity contribution in [1.82, 2.24) is 9.80 Å². The Morgan fingerprint density at radius 3 is 2.16 bits per heavy atom. The van der Waals surface area contributed by atoms with Gasteiger partial charge in [0.1, 0.15) is 6.10 Å². The second kappa shape index (κ2) is 10.5. The van der Waals surface area contributed by atoms with Crippen LogP contribution in [0.15, 0.2) is 54.6 Å². The Kier molecular flexibility index (Phi) is 7.30. The maximum Gasteiger partial charge on any atom is 0.253 e. The van der Waals surface area contributed by atoms with E-state index in [1.165, 1.54) is 5.56 Å². The summed E-state index contributed by atoms with van der Waals surface area (Å²) in [5.74, 6) is -0.131. The van der Waals surface area contributed by atoms with Gasteiger partial charge in [-0.1, -0.05) is 30.3 Å². The predicted molar refractivity (Wildman–Crippen MR) is 121 cm³/mol. The van der Waals surface area contributed by atoms with E-state index < -0.39 is 0 Å². The third-order valence-corrected chi connectivity index (χ3v) is 5.74. The molecule has 2 aromatic carbocycles. The number of nitrogens with one attached hydrogen (secondary N) is 2. The van der Waals surface area contributed by atoms with E-state index >= 15 is 0 Å². The van der Waals surface area contributed by atoms with Crippen molar-refractivity contribution in [2.24, 2.45) is 0 Å². The van der Waals surface area contributed by atoms with Crippen LogP contribution in [0.3, 0.4) is 0 Å². The predicted octanol–water partition coefficient (Wildman–Crippen LogP) is 2.56. The summed E-state index contributed by atoms with van der Waals surface area (Å²) in [6.07, 6.45) is 1.33. The summed E-state index contributed by atoms with van der Waals surface area (Å²) in [4.78, 5) is 29.2. The second-order valence-electron chi connectivity index (χ2n) is 8.15. The first-order valence-corrected chi connectivity index (χ1v) is 11.0. The molecule has 2 amide bonds. The number of hydrogen-bond donors (Lipinski definition) is 2. The Labute approximate surface area is 183 Å². The second-order valence-corrected chi connectivity index (χ2v) is 8.15. The molecule has 2 aliphatic rings. The molecule has 0 radical (unpaired) electrons. The number of nitrogens with zero attached hydrogens (tertiary/aromatic N) is 2. The van der Waals surface area contributed by atoms with Gasteiger partial charge in [-0.25, -0.2) is 0 Å². The van der Waals surface area contributed by atoms with E-state index in [0.717, 1.165) is 51.3 Å². The zero-order valence-corrected chi connectivity index (χ0v) is 17.8.